The maximum Gasteiger partial charge on any atom is 0.166 e. The number of aliphatic hydroxyl groups is 1. The summed E-state index contributed by atoms with van der Waals surface area (Å²) in [6.45, 7) is 1.42. The zero-order chi connectivity index (χ0) is 16.7. The molecule has 1 aliphatic rings. The van der Waals surface area contributed by atoms with Gasteiger partial charge < -0.3 is 15.7 Å². The van der Waals surface area contributed by atoms with E-state index in [0.29, 0.717) is 34.3 Å². The van der Waals surface area contributed by atoms with Crippen LogP contribution >= 0.6 is 11.6 Å². The number of nitrogen functional groups attached to an aromatic ring is 1. The number of fused-ring (bicyclic) bond motifs is 1. The van der Waals surface area contributed by atoms with Crippen LogP contribution in [-0.4, -0.2) is 48.9 Å². The second kappa shape index (κ2) is 5.88. The van der Waals surface area contributed by atoms with Gasteiger partial charge >= 0.3 is 0 Å². The molecule has 1 saturated heterocycles. The Labute approximate surface area is 142 Å². The Hall–Kier alpha value is -2.45. The highest BCUT2D eigenvalue weighted by Crippen LogP contribution is 2.30. The normalized spacial score (nSPS) is 18.2. The first-order valence-electron chi connectivity index (χ1n) is 7.66. The maximum atomic E-state index is 9.86. The number of anilines is 2. The smallest absolute Gasteiger partial charge is 0.166 e. The molecule has 8 nitrogen and oxygen atoms in total. The van der Waals surface area contributed by atoms with E-state index in [1.807, 2.05) is 11.0 Å². The molecule has 0 amide bonds. The summed E-state index contributed by atoms with van der Waals surface area (Å²) in [4.78, 5) is 15.0. The van der Waals surface area contributed by atoms with Crippen molar-refractivity contribution in [3.63, 3.8) is 0 Å². The molecule has 1 fully saturated rings. The molecular formula is C15H16ClN7O. The first kappa shape index (κ1) is 15.1. The van der Waals surface area contributed by atoms with Crippen molar-refractivity contribution in [2.24, 2.45) is 0 Å². The van der Waals surface area contributed by atoms with Gasteiger partial charge in [0, 0.05) is 25.4 Å². The zero-order valence-electron chi connectivity index (χ0n) is 12.8. The van der Waals surface area contributed by atoms with E-state index in [1.165, 1.54) is 6.33 Å². The van der Waals surface area contributed by atoms with Gasteiger partial charge in [0.25, 0.3) is 0 Å². The first-order chi connectivity index (χ1) is 11.6. The Morgan fingerprint density at radius 2 is 2.17 bits per heavy atom. The minimum absolute atomic E-state index is 0.327. The van der Waals surface area contributed by atoms with Gasteiger partial charge in [-0.2, -0.15) is 0 Å². The lowest BCUT2D eigenvalue weighted by atomic mass is 10.1. The predicted octanol–water partition coefficient (Wildman–Crippen LogP) is 1.38. The molecular weight excluding hydrogens is 330 g/mol. The largest absolute Gasteiger partial charge is 0.391 e. The third kappa shape index (κ3) is 2.63. The summed E-state index contributed by atoms with van der Waals surface area (Å²) in [5, 5.41) is 14.6. The Morgan fingerprint density at radius 3 is 3.00 bits per heavy atom. The lowest BCUT2D eigenvalue weighted by molar-refractivity contribution is 0.154. The van der Waals surface area contributed by atoms with Gasteiger partial charge in [0.05, 0.1) is 28.6 Å². The van der Waals surface area contributed by atoms with Crippen LogP contribution in [0.2, 0.25) is 5.02 Å². The van der Waals surface area contributed by atoms with E-state index in [1.54, 1.807) is 16.9 Å². The SMILES string of the molecule is Nc1nn2cc(Cl)cnc2c1-c1cc(N2CCCC(O)C2)ncn1. The number of halogens is 1. The van der Waals surface area contributed by atoms with Gasteiger partial charge in [-0.3, -0.25) is 0 Å². The third-order valence-electron chi connectivity index (χ3n) is 4.10. The van der Waals surface area contributed by atoms with Crippen molar-refractivity contribution in [1.82, 2.24) is 24.6 Å². The average molecular weight is 346 g/mol. The number of rotatable bonds is 2. The molecule has 124 valence electrons. The van der Waals surface area contributed by atoms with Crippen LogP contribution in [0.1, 0.15) is 12.8 Å². The van der Waals surface area contributed by atoms with Crippen LogP contribution in [0.25, 0.3) is 16.9 Å². The van der Waals surface area contributed by atoms with E-state index in [4.69, 9.17) is 17.3 Å². The minimum atomic E-state index is -0.331. The number of aliphatic hydroxyl groups excluding tert-OH is 1. The topological polar surface area (TPSA) is 105 Å². The number of nitrogens with zero attached hydrogens (tertiary/aromatic N) is 6. The highest BCUT2D eigenvalue weighted by Gasteiger charge is 2.21. The van der Waals surface area contributed by atoms with Gasteiger partial charge in [0.2, 0.25) is 0 Å². The second-order valence-corrected chi connectivity index (χ2v) is 6.24. The van der Waals surface area contributed by atoms with Gasteiger partial charge in [-0.25, -0.2) is 19.5 Å². The standard InChI is InChI=1S/C15H16ClN7O/c16-9-5-18-15-13(14(17)21-23(15)6-9)11-4-12(20-8-19-11)22-3-1-2-10(24)7-22/h4-6,8,10,24H,1-3,7H2,(H2,17,21). The van der Waals surface area contributed by atoms with Gasteiger partial charge in [0.1, 0.15) is 12.1 Å². The fourth-order valence-electron chi connectivity index (χ4n) is 2.99. The van der Waals surface area contributed by atoms with Crippen molar-refractivity contribution in [2.45, 2.75) is 18.9 Å². The summed E-state index contributed by atoms with van der Waals surface area (Å²) in [5.74, 6) is 1.08. The van der Waals surface area contributed by atoms with E-state index in [-0.39, 0.29) is 6.10 Å². The van der Waals surface area contributed by atoms with Crippen LogP contribution < -0.4 is 10.6 Å². The molecule has 0 radical (unpaired) electrons. The highest BCUT2D eigenvalue weighted by atomic mass is 35.5. The van der Waals surface area contributed by atoms with Crippen molar-refractivity contribution in [2.75, 3.05) is 23.7 Å². The van der Waals surface area contributed by atoms with Crippen molar-refractivity contribution in [3.8, 4) is 11.3 Å². The summed E-state index contributed by atoms with van der Waals surface area (Å²) in [5.41, 5.74) is 7.93. The van der Waals surface area contributed by atoms with Crippen molar-refractivity contribution in [1.29, 1.82) is 0 Å². The molecule has 9 heteroatoms. The maximum absolute atomic E-state index is 9.86. The van der Waals surface area contributed by atoms with Gasteiger partial charge in [-0.15, -0.1) is 5.10 Å². The van der Waals surface area contributed by atoms with E-state index < -0.39 is 0 Å². The molecule has 4 rings (SSSR count). The zero-order valence-corrected chi connectivity index (χ0v) is 13.6. The quantitative estimate of drug-likeness (QED) is 0.722. The van der Waals surface area contributed by atoms with Crippen molar-refractivity contribution >= 4 is 28.9 Å². The summed E-state index contributed by atoms with van der Waals surface area (Å²) in [6, 6.07) is 1.85. The first-order valence-corrected chi connectivity index (χ1v) is 8.04. The number of nitrogens with two attached hydrogens (primary N) is 1. The third-order valence-corrected chi connectivity index (χ3v) is 4.29. The fourth-order valence-corrected chi connectivity index (χ4v) is 3.14. The Balaban J connectivity index is 1.77. The lowest BCUT2D eigenvalue weighted by Crippen LogP contribution is -2.38. The molecule has 0 aliphatic carbocycles. The van der Waals surface area contributed by atoms with Gasteiger partial charge in [0.15, 0.2) is 11.5 Å². The van der Waals surface area contributed by atoms with Crippen LogP contribution in [0, 0.1) is 0 Å². The Morgan fingerprint density at radius 1 is 1.29 bits per heavy atom. The summed E-state index contributed by atoms with van der Waals surface area (Å²) in [6.07, 6.45) is 6.10. The van der Waals surface area contributed by atoms with E-state index >= 15 is 0 Å². The molecule has 3 aromatic rings. The summed E-state index contributed by atoms with van der Waals surface area (Å²) >= 11 is 5.95. The van der Waals surface area contributed by atoms with Crippen LogP contribution in [0.15, 0.2) is 24.8 Å². The number of hydrogen-bond acceptors (Lipinski definition) is 7. The Bertz CT molecular complexity index is 897. The predicted molar refractivity (Wildman–Crippen MR) is 90.9 cm³/mol. The molecule has 0 bridgehead atoms. The number of hydrogen-bond donors (Lipinski definition) is 2. The highest BCUT2D eigenvalue weighted by molar-refractivity contribution is 6.30. The van der Waals surface area contributed by atoms with Crippen molar-refractivity contribution in [3.05, 3.63) is 29.8 Å². The van der Waals surface area contributed by atoms with E-state index in [2.05, 4.69) is 20.1 Å². The van der Waals surface area contributed by atoms with Crippen LogP contribution in [-0.2, 0) is 0 Å². The molecule has 1 aliphatic heterocycles. The van der Waals surface area contributed by atoms with Crippen molar-refractivity contribution < 1.29 is 5.11 Å². The fraction of sp³-hybridized carbons (Fsp3) is 0.333. The van der Waals surface area contributed by atoms with Crippen LogP contribution in [0.4, 0.5) is 11.6 Å². The molecule has 0 spiro atoms. The molecule has 1 unspecified atom stereocenters. The van der Waals surface area contributed by atoms with Gasteiger partial charge in [-0.05, 0) is 12.8 Å². The van der Waals surface area contributed by atoms with E-state index in [9.17, 15) is 5.11 Å². The molecule has 24 heavy (non-hydrogen) atoms. The summed E-state index contributed by atoms with van der Waals surface area (Å²) < 4.78 is 1.54. The number of aromatic nitrogens is 5. The van der Waals surface area contributed by atoms with Gasteiger partial charge in [-0.1, -0.05) is 11.6 Å². The molecule has 3 aromatic heterocycles. The number of β-amino-alcohol motifs (C(OH)–C–C–N with tert-alkyl or cyclic N) is 1. The Kier molecular flexibility index (Phi) is 3.70. The lowest BCUT2D eigenvalue weighted by Gasteiger charge is -2.31. The second-order valence-electron chi connectivity index (χ2n) is 5.80. The monoisotopic (exact) mass is 345 g/mol. The summed E-state index contributed by atoms with van der Waals surface area (Å²) in [7, 11) is 0. The molecule has 0 aromatic carbocycles. The number of piperidine rings is 1. The average Bonchev–Trinajstić information content (AvgIpc) is 2.90. The molecule has 3 N–H and O–H groups in total. The van der Waals surface area contributed by atoms with Crippen LogP contribution in [0.3, 0.4) is 0 Å². The molecule has 0 saturated carbocycles. The molecule has 1 atom stereocenters. The minimum Gasteiger partial charge on any atom is -0.391 e. The van der Waals surface area contributed by atoms with Crippen LogP contribution in [0.5, 0.6) is 0 Å². The molecule has 4 heterocycles. The van der Waals surface area contributed by atoms with E-state index in [0.717, 1.165) is 25.2 Å².